The molecule has 0 unspecified atom stereocenters. The molecule has 0 spiro atoms. The van der Waals surface area contributed by atoms with Gasteiger partial charge in [-0.25, -0.2) is 9.78 Å². The Labute approximate surface area is 124 Å². The number of rotatable bonds is 9. The van der Waals surface area contributed by atoms with Crippen molar-refractivity contribution in [1.82, 2.24) is 20.6 Å². The monoisotopic (exact) mass is 296 g/mol. The summed E-state index contributed by atoms with van der Waals surface area (Å²) in [6.07, 6.45) is 4.84. The summed E-state index contributed by atoms with van der Waals surface area (Å²) < 4.78 is 0. The first-order valence-electron chi connectivity index (χ1n) is 7.18. The molecule has 0 fully saturated rings. The number of aromatic nitrogens is 2. The Balaban J connectivity index is 2.23. The predicted molar refractivity (Wildman–Crippen MR) is 78.9 cm³/mol. The van der Waals surface area contributed by atoms with E-state index < -0.39 is 5.97 Å². The summed E-state index contributed by atoms with van der Waals surface area (Å²) in [6.45, 7) is 4.96. The van der Waals surface area contributed by atoms with Crippen LogP contribution in [0, 0.1) is 11.8 Å². The van der Waals surface area contributed by atoms with Gasteiger partial charge in [0.1, 0.15) is 0 Å². The molecule has 118 valence electrons. The average molecular weight is 296 g/mol. The predicted octanol–water partition coefficient (Wildman–Crippen LogP) is 1.39. The second-order valence-corrected chi connectivity index (χ2v) is 5.56. The van der Waals surface area contributed by atoms with E-state index in [1.54, 1.807) is 12.5 Å². The van der Waals surface area contributed by atoms with E-state index in [0.717, 1.165) is 12.1 Å². The van der Waals surface area contributed by atoms with E-state index in [9.17, 15) is 9.59 Å². The average Bonchev–Trinajstić information content (AvgIpc) is 2.88. The first-order chi connectivity index (χ1) is 9.97. The van der Waals surface area contributed by atoms with Gasteiger partial charge in [-0.2, -0.15) is 0 Å². The second-order valence-electron chi connectivity index (χ2n) is 5.56. The molecule has 7 nitrogen and oxygen atoms in total. The molecule has 1 aromatic heterocycles. The first-order valence-corrected chi connectivity index (χ1v) is 7.18. The van der Waals surface area contributed by atoms with E-state index in [-0.39, 0.29) is 18.4 Å². The zero-order valence-corrected chi connectivity index (χ0v) is 12.6. The third kappa shape index (κ3) is 7.96. The van der Waals surface area contributed by atoms with E-state index in [1.807, 2.05) is 13.8 Å². The van der Waals surface area contributed by atoms with E-state index in [0.29, 0.717) is 25.4 Å². The van der Waals surface area contributed by atoms with Gasteiger partial charge in [0.15, 0.2) is 0 Å². The number of hydrogen-bond donors (Lipinski definition) is 4. The molecule has 0 aliphatic rings. The van der Waals surface area contributed by atoms with Crippen LogP contribution in [0.4, 0.5) is 4.79 Å². The number of nitrogens with zero attached hydrogens (tertiary/aromatic N) is 1. The molecule has 21 heavy (non-hydrogen) atoms. The molecule has 0 aromatic carbocycles. The van der Waals surface area contributed by atoms with Crippen molar-refractivity contribution in [2.24, 2.45) is 11.8 Å². The number of hydrogen-bond acceptors (Lipinski definition) is 3. The standard InChI is InChI=1S/C14H24N4O3/c1-10(2)5-11(6-13(19)20)7-17-14(21)16-4-3-12-8-15-9-18-12/h8-11H,3-7H2,1-2H3,(H,15,18)(H,19,20)(H2,16,17,21)/t11-/m0/s1. The topological polar surface area (TPSA) is 107 Å². The van der Waals surface area contributed by atoms with E-state index in [1.165, 1.54) is 0 Å². The number of aromatic amines is 1. The quantitative estimate of drug-likeness (QED) is 0.552. The minimum Gasteiger partial charge on any atom is -0.481 e. The Bertz CT molecular complexity index is 431. The molecular weight excluding hydrogens is 272 g/mol. The van der Waals surface area contributed by atoms with Gasteiger partial charge in [-0.15, -0.1) is 0 Å². The van der Waals surface area contributed by atoms with Crippen molar-refractivity contribution in [2.75, 3.05) is 13.1 Å². The molecule has 1 atom stereocenters. The summed E-state index contributed by atoms with van der Waals surface area (Å²) in [7, 11) is 0. The van der Waals surface area contributed by atoms with Crippen molar-refractivity contribution < 1.29 is 14.7 Å². The molecule has 0 saturated heterocycles. The third-order valence-electron chi connectivity index (χ3n) is 3.05. The number of carboxylic acid groups (broad SMARTS) is 1. The Morgan fingerprint density at radius 2 is 2.14 bits per heavy atom. The van der Waals surface area contributed by atoms with Crippen molar-refractivity contribution in [3.05, 3.63) is 18.2 Å². The van der Waals surface area contributed by atoms with Gasteiger partial charge in [-0.05, 0) is 18.3 Å². The van der Waals surface area contributed by atoms with Gasteiger partial charge in [-0.1, -0.05) is 13.8 Å². The fourth-order valence-corrected chi connectivity index (χ4v) is 2.18. The second kappa shape index (κ2) is 8.99. The zero-order chi connectivity index (χ0) is 15.7. The van der Waals surface area contributed by atoms with Gasteiger partial charge >= 0.3 is 12.0 Å². The fraction of sp³-hybridized carbons (Fsp3) is 0.643. The number of aliphatic carboxylic acids is 1. The smallest absolute Gasteiger partial charge is 0.314 e. The van der Waals surface area contributed by atoms with Crippen molar-refractivity contribution in [3.8, 4) is 0 Å². The highest BCUT2D eigenvalue weighted by atomic mass is 16.4. The number of nitrogens with one attached hydrogen (secondary N) is 3. The summed E-state index contributed by atoms with van der Waals surface area (Å²) in [5, 5.41) is 14.3. The van der Waals surface area contributed by atoms with Crippen LogP contribution in [0.1, 0.15) is 32.4 Å². The lowest BCUT2D eigenvalue weighted by molar-refractivity contribution is -0.138. The lowest BCUT2D eigenvalue weighted by Gasteiger charge is -2.18. The van der Waals surface area contributed by atoms with Crippen LogP contribution in [0.25, 0.3) is 0 Å². The molecule has 0 saturated carbocycles. The molecule has 2 amide bonds. The summed E-state index contributed by atoms with van der Waals surface area (Å²) in [6, 6.07) is -0.270. The molecule has 1 heterocycles. The van der Waals surface area contributed by atoms with Crippen LogP contribution in [0.3, 0.4) is 0 Å². The molecule has 1 aromatic rings. The number of H-pyrrole nitrogens is 1. The summed E-state index contributed by atoms with van der Waals surface area (Å²) >= 11 is 0. The molecule has 0 radical (unpaired) electrons. The number of carboxylic acids is 1. The lowest BCUT2D eigenvalue weighted by Crippen LogP contribution is -2.39. The Kier molecular flexibility index (Phi) is 7.28. The van der Waals surface area contributed by atoms with Crippen LogP contribution >= 0.6 is 0 Å². The third-order valence-corrected chi connectivity index (χ3v) is 3.05. The number of carbonyl (C=O) groups excluding carboxylic acids is 1. The van der Waals surface area contributed by atoms with Gasteiger partial charge in [0.2, 0.25) is 0 Å². The molecule has 1 rings (SSSR count). The van der Waals surface area contributed by atoms with Gasteiger partial charge < -0.3 is 20.7 Å². The highest BCUT2D eigenvalue weighted by Gasteiger charge is 2.15. The lowest BCUT2D eigenvalue weighted by atomic mass is 9.94. The largest absolute Gasteiger partial charge is 0.481 e. The van der Waals surface area contributed by atoms with Gasteiger partial charge in [0.05, 0.1) is 6.33 Å². The summed E-state index contributed by atoms with van der Waals surface area (Å²) in [4.78, 5) is 29.3. The maximum Gasteiger partial charge on any atom is 0.314 e. The van der Waals surface area contributed by atoms with E-state index in [2.05, 4.69) is 20.6 Å². The van der Waals surface area contributed by atoms with Crippen LogP contribution in [-0.2, 0) is 11.2 Å². The van der Waals surface area contributed by atoms with Crippen LogP contribution in [-0.4, -0.2) is 40.2 Å². The fourth-order valence-electron chi connectivity index (χ4n) is 2.18. The summed E-state index contributed by atoms with van der Waals surface area (Å²) in [5.41, 5.74) is 0.957. The zero-order valence-electron chi connectivity index (χ0n) is 12.6. The minimum atomic E-state index is -0.831. The van der Waals surface area contributed by atoms with Gasteiger partial charge in [-0.3, -0.25) is 4.79 Å². The maximum absolute atomic E-state index is 11.7. The van der Waals surface area contributed by atoms with E-state index in [4.69, 9.17) is 5.11 Å². The number of urea groups is 1. The van der Waals surface area contributed by atoms with Crippen LogP contribution in [0.5, 0.6) is 0 Å². The van der Waals surface area contributed by atoms with Crippen molar-refractivity contribution in [3.63, 3.8) is 0 Å². The normalized spacial score (nSPS) is 12.1. The van der Waals surface area contributed by atoms with Crippen molar-refractivity contribution >= 4 is 12.0 Å². The van der Waals surface area contributed by atoms with Crippen LogP contribution in [0.2, 0.25) is 0 Å². The number of imidazole rings is 1. The van der Waals surface area contributed by atoms with Crippen molar-refractivity contribution in [1.29, 1.82) is 0 Å². The Hall–Kier alpha value is -2.05. The highest BCUT2D eigenvalue weighted by Crippen LogP contribution is 2.14. The van der Waals surface area contributed by atoms with Crippen LogP contribution < -0.4 is 10.6 Å². The van der Waals surface area contributed by atoms with Gasteiger partial charge in [0, 0.05) is 37.8 Å². The van der Waals surface area contributed by atoms with Crippen molar-refractivity contribution in [2.45, 2.75) is 33.1 Å². The van der Waals surface area contributed by atoms with Crippen LogP contribution in [0.15, 0.2) is 12.5 Å². The Morgan fingerprint density at radius 1 is 1.38 bits per heavy atom. The first kappa shape index (κ1) is 17.0. The Morgan fingerprint density at radius 3 is 2.71 bits per heavy atom. The number of amides is 2. The SMILES string of the molecule is CC(C)C[C@H](CNC(=O)NCCc1cnc[nH]1)CC(=O)O. The molecule has 7 heteroatoms. The molecule has 0 aliphatic heterocycles. The molecule has 0 bridgehead atoms. The van der Waals surface area contributed by atoms with Gasteiger partial charge in [0.25, 0.3) is 0 Å². The highest BCUT2D eigenvalue weighted by molar-refractivity contribution is 5.74. The molecule has 0 aliphatic carbocycles. The molecule has 4 N–H and O–H groups in total. The molecular formula is C14H24N4O3. The number of carbonyl (C=O) groups is 2. The summed E-state index contributed by atoms with van der Waals surface area (Å²) in [5.74, 6) is -0.470. The van der Waals surface area contributed by atoms with E-state index >= 15 is 0 Å². The maximum atomic E-state index is 11.7. The minimum absolute atomic E-state index is 0.0409.